The highest BCUT2D eigenvalue weighted by atomic mass is 19.1. The molecule has 0 amide bonds. The number of rotatable bonds is 3. The number of hydrogen-bond donors (Lipinski definition) is 2. The number of esters is 1. The monoisotopic (exact) mass is 248 g/mol. The topological polar surface area (TPSA) is 76.0 Å². The summed E-state index contributed by atoms with van der Waals surface area (Å²) >= 11 is 0. The van der Waals surface area contributed by atoms with Crippen LogP contribution in [0.2, 0.25) is 0 Å². The van der Waals surface area contributed by atoms with E-state index in [0.717, 1.165) is 20.3 Å². The fraction of sp³-hybridized carbons (Fsp3) is 0.300. The number of phenols is 1. The Morgan fingerprint density at radius 1 is 1.35 bits per heavy atom. The van der Waals surface area contributed by atoms with Gasteiger partial charge in [-0.05, 0) is 6.07 Å². The lowest BCUT2D eigenvalue weighted by molar-refractivity contribution is -0.150. The van der Waals surface area contributed by atoms with E-state index >= 15 is 0 Å². The number of halogens is 2. The summed E-state index contributed by atoms with van der Waals surface area (Å²) in [6.45, 7) is 0. The Bertz CT molecular complexity index is 447. The van der Waals surface area contributed by atoms with Gasteiger partial charge in [-0.25, -0.2) is 9.18 Å². The molecule has 0 bridgehead atoms. The van der Waals surface area contributed by atoms with Gasteiger partial charge in [0, 0.05) is 5.56 Å². The molecule has 0 saturated carbocycles. The standard InChI is InChI=1S/C10H10F2O5/c1-16-5-3-4(8(13)10(15)17-2)6(11)9(14)7(5)12/h3,8,13-14H,1-2H3. The molecule has 94 valence electrons. The van der Waals surface area contributed by atoms with Crippen molar-refractivity contribution in [3.8, 4) is 11.5 Å². The molecule has 0 spiro atoms. The Morgan fingerprint density at radius 2 is 1.94 bits per heavy atom. The second kappa shape index (κ2) is 4.96. The molecule has 0 fully saturated rings. The molecule has 1 unspecified atom stereocenters. The minimum Gasteiger partial charge on any atom is -0.503 e. The smallest absolute Gasteiger partial charge is 0.339 e. The van der Waals surface area contributed by atoms with Crippen molar-refractivity contribution in [3.05, 3.63) is 23.3 Å². The molecular formula is C10H10F2O5. The van der Waals surface area contributed by atoms with E-state index in [1.54, 1.807) is 0 Å². The molecule has 1 atom stereocenters. The van der Waals surface area contributed by atoms with Gasteiger partial charge in [-0.3, -0.25) is 0 Å². The van der Waals surface area contributed by atoms with Crippen molar-refractivity contribution >= 4 is 5.97 Å². The maximum atomic E-state index is 13.4. The molecule has 0 saturated heterocycles. The van der Waals surface area contributed by atoms with Crippen LogP contribution in [0.15, 0.2) is 6.07 Å². The van der Waals surface area contributed by atoms with Crippen molar-refractivity contribution < 1.29 is 33.3 Å². The first-order valence-corrected chi connectivity index (χ1v) is 4.44. The third-order valence-corrected chi connectivity index (χ3v) is 2.11. The first kappa shape index (κ1) is 13.2. The van der Waals surface area contributed by atoms with Crippen LogP contribution in [0, 0.1) is 11.6 Å². The number of aromatic hydroxyl groups is 1. The van der Waals surface area contributed by atoms with Crippen molar-refractivity contribution in [1.82, 2.24) is 0 Å². The van der Waals surface area contributed by atoms with E-state index in [1.807, 2.05) is 0 Å². The number of aliphatic hydroxyl groups is 1. The molecule has 1 rings (SSSR count). The van der Waals surface area contributed by atoms with Crippen molar-refractivity contribution in [2.75, 3.05) is 14.2 Å². The first-order valence-electron chi connectivity index (χ1n) is 4.44. The molecule has 17 heavy (non-hydrogen) atoms. The normalized spacial score (nSPS) is 12.1. The number of benzene rings is 1. The molecule has 1 aromatic carbocycles. The molecule has 0 aromatic heterocycles. The van der Waals surface area contributed by atoms with Crippen LogP contribution < -0.4 is 4.74 Å². The molecular weight excluding hydrogens is 238 g/mol. The Labute approximate surface area is 95.2 Å². The van der Waals surface area contributed by atoms with E-state index in [4.69, 9.17) is 5.11 Å². The molecule has 7 heteroatoms. The lowest BCUT2D eigenvalue weighted by atomic mass is 10.1. The number of ether oxygens (including phenoxy) is 2. The summed E-state index contributed by atoms with van der Waals surface area (Å²) in [6, 6.07) is 0.770. The van der Waals surface area contributed by atoms with E-state index in [1.165, 1.54) is 0 Å². The first-order chi connectivity index (χ1) is 7.93. The third kappa shape index (κ3) is 2.28. The average molecular weight is 248 g/mol. The number of phenolic OH excluding ortho intramolecular Hbond substituents is 1. The van der Waals surface area contributed by atoms with Crippen LogP contribution in [0.5, 0.6) is 11.5 Å². The highest BCUT2D eigenvalue weighted by Crippen LogP contribution is 2.34. The van der Waals surface area contributed by atoms with Gasteiger partial charge in [0.2, 0.25) is 5.82 Å². The Hall–Kier alpha value is -1.89. The molecule has 0 heterocycles. The summed E-state index contributed by atoms with van der Waals surface area (Å²) < 4.78 is 35.3. The summed E-state index contributed by atoms with van der Waals surface area (Å²) in [6.07, 6.45) is -1.97. The summed E-state index contributed by atoms with van der Waals surface area (Å²) in [4.78, 5) is 11.0. The lowest BCUT2D eigenvalue weighted by Crippen LogP contribution is -2.15. The quantitative estimate of drug-likeness (QED) is 0.777. The molecule has 0 radical (unpaired) electrons. The molecule has 0 aliphatic heterocycles. The highest BCUT2D eigenvalue weighted by molar-refractivity contribution is 5.76. The van der Waals surface area contributed by atoms with E-state index in [-0.39, 0.29) is 0 Å². The van der Waals surface area contributed by atoms with E-state index in [0.29, 0.717) is 0 Å². The maximum Gasteiger partial charge on any atom is 0.339 e. The van der Waals surface area contributed by atoms with Gasteiger partial charge in [0.25, 0.3) is 0 Å². The number of carbonyl (C=O) groups excluding carboxylic acids is 1. The Morgan fingerprint density at radius 3 is 2.41 bits per heavy atom. The number of aliphatic hydroxyl groups excluding tert-OH is 1. The maximum absolute atomic E-state index is 13.4. The van der Waals surface area contributed by atoms with E-state index in [9.17, 15) is 18.7 Å². The fourth-order valence-electron chi connectivity index (χ4n) is 1.20. The van der Waals surface area contributed by atoms with Crippen LogP contribution in [0.25, 0.3) is 0 Å². The summed E-state index contributed by atoms with van der Waals surface area (Å²) in [5, 5.41) is 18.5. The van der Waals surface area contributed by atoms with Crippen molar-refractivity contribution in [1.29, 1.82) is 0 Å². The van der Waals surface area contributed by atoms with Gasteiger partial charge in [-0.1, -0.05) is 0 Å². The van der Waals surface area contributed by atoms with Gasteiger partial charge in [0.15, 0.2) is 23.4 Å². The van der Waals surface area contributed by atoms with Crippen molar-refractivity contribution in [3.63, 3.8) is 0 Å². The summed E-state index contributed by atoms with van der Waals surface area (Å²) in [5.74, 6) is -5.73. The van der Waals surface area contributed by atoms with Crippen LogP contribution in [-0.4, -0.2) is 30.4 Å². The second-order valence-corrected chi connectivity index (χ2v) is 3.07. The largest absolute Gasteiger partial charge is 0.503 e. The van der Waals surface area contributed by atoms with E-state index < -0.39 is 40.8 Å². The Kier molecular flexibility index (Phi) is 3.84. The number of carbonyl (C=O) groups is 1. The van der Waals surface area contributed by atoms with Crippen LogP contribution in [-0.2, 0) is 9.53 Å². The van der Waals surface area contributed by atoms with Crippen LogP contribution in [0.3, 0.4) is 0 Å². The third-order valence-electron chi connectivity index (χ3n) is 2.11. The molecule has 0 aliphatic rings. The van der Waals surface area contributed by atoms with Gasteiger partial charge >= 0.3 is 5.97 Å². The number of methoxy groups -OCH3 is 2. The van der Waals surface area contributed by atoms with Crippen LogP contribution in [0.1, 0.15) is 11.7 Å². The lowest BCUT2D eigenvalue weighted by Gasteiger charge is -2.13. The van der Waals surface area contributed by atoms with Gasteiger partial charge in [0.05, 0.1) is 14.2 Å². The SMILES string of the molecule is COC(=O)C(O)c1cc(OC)c(F)c(O)c1F. The van der Waals surface area contributed by atoms with Crippen LogP contribution >= 0.6 is 0 Å². The predicted molar refractivity (Wildman–Crippen MR) is 51.6 cm³/mol. The minimum absolute atomic E-state index is 0.498. The predicted octanol–water partition coefficient (Wildman–Crippen LogP) is 0.885. The molecule has 5 nitrogen and oxygen atoms in total. The minimum atomic E-state index is -1.97. The fourth-order valence-corrected chi connectivity index (χ4v) is 1.20. The summed E-state index contributed by atoms with van der Waals surface area (Å²) in [5.41, 5.74) is -0.632. The van der Waals surface area contributed by atoms with Crippen molar-refractivity contribution in [2.45, 2.75) is 6.10 Å². The zero-order valence-electron chi connectivity index (χ0n) is 9.03. The average Bonchev–Trinajstić information content (AvgIpc) is 2.34. The zero-order valence-corrected chi connectivity index (χ0v) is 9.03. The number of hydrogen-bond acceptors (Lipinski definition) is 5. The second-order valence-electron chi connectivity index (χ2n) is 3.07. The molecule has 0 aliphatic carbocycles. The highest BCUT2D eigenvalue weighted by Gasteiger charge is 2.27. The van der Waals surface area contributed by atoms with Gasteiger partial charge in [0.1, 0.15) is 0 Å². The molecule has 1 aromatic rings. The summed E-state index contributed by atoms with van der Waals surface area (Å²) in [7, 11) is 2.08. The van der Waals surface area contributed by atoms with Gasteiger partial charge in [-0.2, -0.15) is 4.39 Å². The Balaban J connectivity index is 3.34. The van der Waals surface area contributed by atoms with Crippen molar-refractivity contribution in [2.24, 2.45) is 0 Å². The van der Waals surface area contributed by atoms with E-state index in [2.05, 4.69) is 9.47 Å². The van der Waals surface area contributed by atoms with Crippen LogP contribution in [0.4, 0.5) is 8.78 Å². The van der Waals surface area contributed by atoms with Gasteiger partial charge in [-0.15, -0.1) is 0 Å². The molecule has 2 N–H and O–H groups in total. The van der Waals surface area contributed by atoms with Gasteiger partial charge < -0.3 is 19.7 Å². The zero-order chi connectivity index (χ0) is 13.2.